The number of hydrogen-bond acceptors (Lipinski definition) is 6. The van der Waals surface area contributed by atoms with E-state index >= 15 is 0 Å². The number of nitrogens with one attached hydrogen (secondary N) is 2. The minimum atomic E-state index is -0.166. The van der Waals surface area contributed by atoms with Crippen LogP contribution in [0.5, 0.6) is 0 Å². The third-order valence-corrected chi connectivity index (χ3v) is 7.19. The van der Waals surface area contributed by atoms with Gasteiger partial charge >= 0.3 is 0 Å². The van der Waals surface area contributed by atoms with E-state index in [1.807, 2.05) is 30.8 Å². The van der Waals surface area contributed by atoms with E-state index in [0.29, 0.717) is 17.3 Å². The summed E-state index contributed by atoms with van der Waals surface area (Å²) in [7, 11) is 3.50. The maximum absolute atomic E-state index is 12.7. The first-order chi connectivity index (χ1) is 15.9. The monoisotopic (exact) mass is 449 g/mol. The molecule has 0 spiro atoms. The molecule has 9 nitrogen and oxygen atoms in total. The summed E-state index contributed by atoms with van der Waals surface area (Å²) in [5.74, 6) is 0.923. The molecule has 3 aromatic heterocycles. The van der Waals surface area contributed by atoms with E-state index in [2.05, 4.69) is 25.1 Å². The van der Waals surface area contributed by atoms with Gasteiger partial charge in [-0.1, -0.05) is 0 Å². The SMILES string of the molecule is CNC(=O)c1ccc(N2CCC(N3CCC(c4nc5c(C)cn(C)c5c(=O)[nH]4)C3)CC2)cn1. The molecule has 2 aliphatic heterocycles. The van der Waals surface area contributed by atoms with Gasteiger partial charge in [0.2, 0.25) is 0 Å². The minimum absolute atomic E-state index is 0.0478. The number of carbonyl (C=O) groups is 1. The van der Waals surface area contributed by atoms with Crippen molar-refractivity contribution >= 4 is 22.6 Å². The van der Waals surface area contributed by atoms with Crippen molar-refractivity contribution in [3.05, 3.63) is 52.0 Å². The summed E-state index contributed by atoms with van der Waals surface area (Å²) in [5, 5.41) is 2.60. The van der Waals surface area contributed by atoms with Gasteiger partial charge in [-0.05, 0) is 50.4 Å². The summed E-state index contributed by atoms with van der Waals surface area (Å²) >= 11 is 0. The van der Waals surface area contributed by atoms with Crippen LogP contribution in [0.1, 0.15) is 47.1 Å². The molecule has 0 aromatic carbocycles. The second kappa shape index (κ2) is 8.62. The number of fused-ring (bicyclic) bond motifs is 1. The normalized spacial score (nSPS) is 20.0. The van der Waals surface area contributed by atoms with Crippen molar-refractivity contribution in [1.29, 1.82) is 0 Å². The summed E-state index contributed by atoms with van der Waals surface area (Å²) in [4.78, 5) is 41.5. The van der Waals surface area contributed by atoms with Crippen molar-refractivity contribution < 1.29 is 4.79 Å². The van der Waals surface area contributed by atoms with E-state index < -0.39 is 0 Å². The number of nitrogens with zero attached hydrogens (tertiary/aromatic N) is 5. The number of aryl methyl sites for hydroxylation is 2. The standard InChI is InChI=1S/C24H31N7O2/c1-15-13-29(3)21-20(15)27-22(28-24(21)33)16-6-9-31(14-16)17-7-10-30(11-8-17)18-4-5-19(26-12-18)23(32)25-2/h4-5,12-13,16-17H,6-11,14H2,1-3H3,(H,25,32)(H,27,28,33). The van der Waals surface area contributed by atoms with Crippen LogP contribution in [0.25, 0.3) is 11.0 Å². The third kappa shape index (κ3) is 4.01. The van der Waals surface area contributed by atoms with Gasteiger partial charge in [0, 0.05) is 51.9 Å². The molecule has 5 rings (SSSR count). The number of anilines is 1. The zero-order chi connectivity index (χ0) is 23.1. The lowest BCUT2D eigenvalue weighted by Crippen LogP contribution is -2.44. The van der Waals surface area contributed by atoms with Gasteiger partial charge in [0.15, 0.2) is 0 Å². The summed E-state index contributed by atoms with van der Waals surface area (Å²) in [5.41, 5.74) is 3.96. The highest BCUT2D eigenvalue weighted by molar-refractivity contribution is 5.92. The zero-order valence-electron chi connectivity index (χ0n) is 19.5. The molecular formula is C24H31N7O2. The van der Waals surface area contributed by atoms with Crippen molar-refractivity contribution in [2.75, 3.05) is 38.1 Å². The maximum atomic E-state index is 12.7. The summed E-state index contributed by atoms with van der Waals surface area (Å²) in [6, 6.07) is 4.30. The van der Waals surface area contributed by atoms with Crippen LogP contribution in [0.15, 0.2) is 29.3 Å². The highest BCUT2D eigenvalue weighted by Crippen LogP contribution is 2.31. The van der Waals surface area contributed by atoms with Crippen LogP contribution in [0.3, 0.4) is 0 Å². The molecule has 3 aromatic rings. The molecule has 174 valence electrons. The fourth-order valence-electron chi connectivity index (χ4n) is 5.36. The first-order valence-electron chi connectivity index (χ1n) is 11.7. The van der Waals surface area contributed by atoms with E-state index in [1.165, 1.54) is 0 Å². The van der Waals surface area contributed by atoms with Crippen LogP contribution in [-0.2, 0) is 7.05 Å². The summed E-state index contributed by atoms with van der Waals surface area (Å²) in [6.45, 7) is 5.92. The molecule has 2 N–H and O–H groups in total. The molecule has 1 unspecified atom stereocenters. The van der Waals surface area contributed by atoms with Crippen LogP contribution in [0.4, 0.5) is 5.69 Å². The Labute approximate surface area is 192 Å². The molecule has 0 saturated carbocycles. The number of likely N-dealkylation sites (tertiary alicyclic amines) is 1. The first kappa shape index (κ1) is 21.6. The topological polar surface area (TPSA) is 99.1 Å². The number of amides is 1. The lowest BCUT2D eigenvalue weighted by molar-refractivity contribution is 0.0958. The Morgan fingerprint density at radius 2 is 1.97 bits per heavy atom. The second-order valence-corrected chi connectivity index (χ2v) is 9.25. The minimum Gasteiger partial charge on any atom is -0.370 e. The number of rotatable bonds is 4. The quantitative estimate of drug-likeness (QED) is 0.630. The van der Waals surface area contributed by atoms with Gasteiger partial charge in [-0.2, -0.15) is 0 Å². The summed E-state index contributed by atoms with van der Waals surface area (Å²) in [6.07, 6.45) is 6.95. The second-order valence-electron chi connectivity index (χ2n) is 9.25. The summed E-state index contributed by atoms with van der Waals surface area (Å²) < 4.78 is 1.86. The highest BCUT2D eigenvalue weighted by atomic mass is 16.1. The molecule has 0 bridgehead atoms. The van der Waals surface area contributed by atoms with Crippen molar-refractivity contribution in [3.63, 3.8) is 0 Å². The molecule has 2 saturated heterocycles. The number of hydrogen-bond donors (Lipinski definition) is 2. The first-order valence-corrected chi connectivity index (χ1v) is 11.7. The number of aromatic nitrogens is 4. The smallest absolute Gasteiger partial charge is 0.275 e. The zero-order valence-corrected chi connectivity index (χ0v) is 19.5. The van der Waals surface area contributed by atoms with E-state index in [0.717, 1.165) is 68.0 Å². The predicted octanol–water partition coefficient (Wildman–Crippen LogP) is 1.78. The maximum Gasteiger partial charge on any atom is 0.275 e. The average Bonchev–Trinajstić information content (AvgIpc) is 3.44. The number of pyridine rings is 1. The lowest BCUT2D eigenvalue weighted by atomic mass is 10.0. The van der Waals surface area contributed by atoms with Crippen molar-refractivity contribution in [1.82, 2.24) is 29.7 Å². The molecule has 33 heavy (non-hydrogen) atoms. The Bertz CT molecular complexity index is 1220. The molecule has 1 atom stereocenters. The van der Waals surface area contributed by atoms with Crippen molar-refractivity contribution in [2.45, 2.75) is 38.1 Å². The van der Waals surface area contributed by atoms with Crippen LogP contribution in [0.2, 0.25) is 0 Å². The van der Waals surface area contributed by atoms with Crippen LogP contribution in [0, 0.1) is 6.92 Å². The largest absolute Gasteiger partial charge is 0.370 e. The van der Waals surface area contributed by atoms with Crippen LogP contribution < -0.4 is 15.8 Å². The lowest BCUT2D eigenvalue weighted by Gasteiger charge is -2.37. The molecular weight excluding hydrogens is 418 g/mol. The van der Waals surface area contributed by atoms with Gasteiger partial charge in [0.1, 0.15) is 17.0 Å². The van der Waals surface area contributed by atoms with Gasteiger partial charge < -0.3 is 19.8 Å². The van der Waals surface area contributed by atoms with E-state index in [1.54, 1.807) is 19.3 Å². The molecule has 0 radical (unpaired) electrons. The Morgan fingerprint density at radius 1 is 1.18 bits per heavy atom. The number of piperidine rings is 1. The predicted molar refractivity (Wildman–Crippen MR) is 128 cm³/mol. The average molecular weight is 450 g/mol. The van der Waals surface area contributed by atoms with Gasteiger partial charge in [-0.25, -0.2) is 9.97 Å². The van der Waals surface area contributed by atoms with Crippen LogP contribution in [-0.4, -0.2) is 69.6 Å². The fraction of sp³-hybridized carbons (Fsp3) is 0.500. The Morgan fingerprint density at radius 3 is 2.67 bits per heavy atom. The van der Waals surface area contributed by atoms with Crippen molar-refractivity contribution in [3.8, 4) is 0 Å². The molecule has 5 heterocycles. The third-order valence-electron chi connectivity index (χ3n) is 7.19. The molecule has 1 amide bonds. The fourth-order valence-corrected chi connectivity index (χ4v) is 5.36. The van der Waals surface area contributed by atoms with E-state index in [4.69, 9.17) is 4.98 Å². The van der Waals surface area contributed by atoms with E-state index in [-0.39, 0.29) is 17.4 Å². The molecule has 9 heteroatoms. The van der Waals surface area contributed by atoms with Gasteiger partial charge in [-0.15, -0.1) is 0 Å². The number of carbonyl (C=O) groups excluding carboxylic acids is 1. The molecule has 0 aliphatic carbocycles. The Hall–Kier alpha value is -3.20. The molecule has 2 fully saturated rings. The van der Waals surface area contributed by atoms with Gasteiger partial charge in [0.05, 0.1) is 17.4 Å². The van der Waals surface area contributed by atoms with Gasteiger partial charge in [0.25, 0.3) is 11.5 Å². The van der Waals surface area contributed by atoms with Crippen molar-refractivity contribution in [2.24, 2.45) is 7.05 Å². The Kier molecular flexibility index (Phi) is 5.65. The number of aromatic amines is 1. The molecule has 2 aliphatic rings. The van der Waals surface area contributed by atoms with Gasteiger partial charge in [-0.3, -0.25) is 14.5 Å². The highest BCUT2D eigenvalue weighted by Gasteiger charge is 2.33. The van der Waals surface area contributed by atoms with Crippen LogP contribution >= 0.6 is 0 Å². The number of H-pyrrole nitrogens is 1. The Balaban J connectivity index is 1.22. The van der Waals surface area contributed by atoms with E-state index in [9.17, 15) is 9.59 Å².